The van der Waals surface area contributed by atoms with Crippen molar-refractivity contribution in [1.82, 2.24) is 5.32 Å². The average molecular weight is 359 g/mol. The molecule has 0 aliphatic carbocycles. The summed E-state index contributed by atoms with van der Waals surface area (Å²) in [6, 6.07) is 13.3. The van der Waals surface area contributed by atoms with E-state index in [1.165, 1.54) is 6.92 Å². The highest BCUT2D eigenvalue weighted by Crippen LogP contribution is 2.26. The number of nitrogens with one attached hydrogen (secondary N) is 1. The van der Waals surface area contributed by atoms with Gasteiger partial charge in [-0.05, 0) is 37.1 Å². The molecule has 0 saturated carbocycles. The zero-order valence-corrected chi connectivity index (χ0v) is 15.6. The lowest BCUT2D eigenvalue weighted by Gasteiger charge is -2.23. The van der Waals surface area contributed by atoms with Gasteiger partial charge in [0.25, 0.3) is 0 Å². The van der Waals surface area contributed by atoms with Crippen molar-refractivity contribution < 1.29 is 9.59 Å². The van der Waals surface area contributed by atoms with Crippen LogP contribution in [0.3, 0.4) is 0 Å². The number of rotatable bonds is 6. The van der Waals surface area contributed by atoms with Gasteiger partial charge in [-0.3, -0.25) is 9.59 Å². The van der Waals surface area contributed by atoms with Crippen molar-refractivity contribution >= 4 is 29.1 Å². The van der Waals surface area contributed by atoms with Gasteiger partial charge in [0.1, 0.15) is 0 Å². The Hall–Kier alpha value is -2.33. The lowest BCUT2D eigenvalue weighted by Crippen LogP contribution is -2.38. The summed E-state index contributed by atoms with van der Waals surface area (Å²) in [5, 5.41) is 3.49. The quantitative estimate of drug-likeness (QED) is 0.856. The van der Waals surface area contributed by atoms with Crippen molar-refractivity contribution in [3.63, 3.8) is 0 Å². The third kappa shape index (κ3) is 5.33. The number of carbonyl (C=O) groups is 2. The molecule has 0 aliphatic rings. The minimum atomic E-state index is -0.0849. The van der Waals surface area contributed by atoms with Crippen molar-refractivity contribution in [3.05, 3.63) is 64.2 Å². The second kappa shape index (κ2) is 8.67. The number of amides is 2. The van der Waals surface area contributed by atoms with Crippen LogP contribution in [0.2, 0.25) is 5.02 Å². The summed E-state index contributed by atoms with van der Waals surface area (Å²) in [5.41, 5.74) is 3.73. The molecule has 2 rings (SSSR count). The van der Waals surface area contributed by atoms with Gasteiger partial charge in [0.2, 0.25) is 11.8 Å². The van der Waals surface area contributed by atoms with E-state index in [0.717, 1.165) is 22.4 Å². The fraction of sp³-hybridized carbons (Fsp3) is 0.300. The predicted molar refractivity (Wildman–Crippen MR) is 102 cm³/mol. The van der Waals surface area contributed by atoms with E-state index in [1.54, 1.807) is 11.0 Å². The Kier molecular flexibility index (Phi) is 6.59. The van der Waals surface area contributed by atoms with Gasteiger partial charge in [-0.15, -0.1) is 0 Å². The standard InChI is InChI=1S/C20H23ClN2O2/c1-14-6-4-7-17(12-14)13-20(25)22-10-11-23(16(3)24)19-9-5-8-18(21)15(19)2/h4-9,12H,10-11,13H2,1-3H3,(H,22,25). The van der Waals surface area contributed by atoms with Gasteiger partial charge >= 0.3 is 0 Å². The zero-order chi connectivity index (χ0) is 18.4. The number of halogens is 1. The highest BCUT2D eigenvalue weighted by Gasteiger charge is 2.15. The fourth-order valence-electron chi connectivity index (χ4n) is 2.71. The molecule has 0 radical (unpaired) electrons. The first-order valence-corrected chi connectivity index (χ1v) is 8.61. The molecule has 4 nitrogen and oxygen atoms in total. The van der Waals surface area contributed by atoms with Crippen LogP contribution in [0.1, 0.15) is 23.6 Å². The van der Waals surface area contributed by atoms with Crippen LogP contribution in [0.4, 0.5) is 5.69 Å². The number of carbonyl (C=O) groups excluding carboxylic acids is 2. The Labute approximate surface area is 153 Å². The summed E-state index contributed by atoms with van der Waals surface area (Å²) in [6.45, 7) is 6.17. The number of benzene rings is 2. The molecule has 0 unspecified atom stereocenters. The Morgan fingerprint density at radius 2 is 1.84 bits per heavy atom. The van der Waals surface area contributed by atoms with Crippen LogP contribution in [0.25, 0.3) is 0 Å². The first-order valence-electron chi connectivity index (χ1n) is 8.24. The molecule has 0 fully saturated rings. The number of aryl methyl sites for hydroxylation is 1. The molecular weight excluding hydrogens is 336 g/mol. The molecule has 0 atom stereocenters. The third-order valence-corrected chi connectivity index (χ3v) is 4.42. The highest BCUT2D eigenvalue weighted by molar-refractivity contribution is 6.31. The van der Waals surface area contributed by atoms with Crippen LogP contribution >= 0.6 is 11.6 Å². The molecule has 2 aromatic rings. The Balaban J connectivity index is 1.94. The maximum absolute atomic E-state index is 12.1. The van der Waals surface area contributed by atoms with E-state index in [1.807, 2.05) is 50.2 Å². The average Bonchev–Trinajstić information content (AvgIpc) is 2.54. The monoisotopic (exact) mass is 358 g/mol. The van der Waals surface area contributed by atoms with Crippen LogP contribution in [-0.4, -0.2) is 24.9 Å². The predicted octanol–water partition coefficient (Wildman–Crippen LogP) is 3.67. The molecular formula is C20H23ClN2O2. The molecule has 0 aromatic heterocycles. The minimum absolute atomic E-state index is 0.0584. The highest BCUT2D eigenvalue weighted by atomic mass is 35.5. The molecule has 0 heterocycles. The topological polar surface area (TPSA) is 49.4 Å². The molecule has 0 saturated heterocycles. The van der Waals surface area contributed by atoms with Gasteiger partial charge in [-0.25, -0.2) is 0 Å². The van der Waals surface area contributed by atoms with Crippen molar-refractivity contribution in [2.45, 2.75) is 27.2 Å². The van der Waals surface area contributed by atoms with Crippen LogP contribution in [0.15, 0.2) is 42.5 Å². The molecule has 25 heavy (non-hydrogen) atoms. The molecule has 0 spiro atoms. The molecule has 2 amide bonds. The van der Waals surface area contributed by atoms with Crippen molar-refractivity contribution in [3.8, 4) is 0 Å². The maximum Gasteiger partial charge on any atom is 0.224 e. The van der Waals surface area contributed by atoms with E-state index in [-0.39, 0.29) is 11.8 Å². The van der Waals surface area contributed by atoms with Crippen molar-refractivity contribution in [1.29, 1.82) is 0 Å². The van der Waals surface area contributed by atoms with Crippen molar-refractivity contribution in [2.24, 2.45) is 0 Å². The van der Waals surface area contributed by atoms with Crippen LogP contribution in [0.5, 0.6) is 0 Å². The van der Waals surface area contributed by atoms with Gasteiger partial charge in [-0.1, -0.05) is 47.5 Å². The summed E-state index contributed by atoms with van der Waals surface area (Å²) >= 11 is 6.14. The van der Waals surface area contributed by atoms with E-state index in [9.17, 15) is 9.59 Å². The SMILES string of the molecule is CC(=O)N(CCNC(=O)Cc1cccc(C)c1)c1cccc(Cl)c1C. The number of anilines is 1. The molecule has 1 N–H and O–H groups in total. The third-order valence-electron chi connectivity index (χ3n) is 4.01. The van der Waals surface area contributed by atoms with Crippen LogP contribution in [0, 0.1) is 13.8 Å². The zero-order valence-electron chi connectivity index (χ0n) is 14.8. The first-order chi connectivity index (χ1) is 11.9. The number of hydrogen-bond donors (Lipinski definition) is 1. The summed E-state index contributed by atoms with van der Waals surface area (Å²) in [6.07, 6.45) is 0.331. The lowest BCUT2D eigenvalue weighted by atomic mass is 10.1. The van der Waals surface area contributed by atoms with E-state index in [0.29, 0.717) is 24.5 Å². The Morgan fingerprint density at radius 3 is 2.52 bits per heavy atom. The molecule has 2 aromatic carbocycles. The first kappa shape index (κ1) is 19.0. The number of hydrogen-bond acceptors (Lipinski definition) is 2. The van der Waals surface area contributed by atoms with E-state index in [2.05, 4.69) is 5.32 Å². The second-order valence-electron chi connectivity index (χ2n) is 6.07. The Bertz CT molecular complexity index is 774. The summed E-state index contributed by atoms with van der Waals surface area (Å²) < 4.78 is 0. The second-order valence-corrected chi connectivity index (χ2v) is 6.48. The van der Waals surface area contributed by atoms with Crippen LogP contribution < -0.4 is 10.2 Å². The maximum atomic E-state index is 12.1. The molecule has 0 aliphatic heterocycles. The largest absolute Gasteiger partial charge is 0.354 e. The van der Waals surface area contributed by atoms with Gasteiger partial charge in [-0.2, -0.15) is 0 Å². The van der Waals surface area contributed by atoms with Gasteiger partial charge in [0.05, 0.1) is 6.42 Å². The summed E-state index contributed by atoms with van der Waals surface area (Å²) in [7, 11) is 0. The van der Waals surface area contributed by atoms with Gasteiger partial charge in [0.15, 0.2) is 0 Å². The van der Waals surface area contributed by atoms with E-state index < -0.39 is 0 Å². The Morgan fingerprint density at radius 1 is 1.12 bits per heavy atom. The van der Waals surface area contributed by atoms with Gasteiger partial charge in [0, 0.05) is 30.7 Å². The summed E-state index contributed by atoms with van der Waals surface area (Å²) in [5.74, 6) is -0.143. The fourth-order valence-corrected chi connectivity index (χ4v) is 2.88. The molecule has 0 bridgehead atoms. The van der Waals surface area contributed by atoms with Crippen LogP contribution in [-0.2, 0) is 16.0 Å². The van der Waals surface area contributed by atoms with Crippen molar-refractivity contribution in [2.75, 3.05) is 18.0 Å². The lowest BCUT2D eigenvalue weighted by molar-refractivity contribution is -0.121. The summed E-state index contributed by atoms with van der Waals surface area (Å²) in [4.78, 5) is 25.7. The minimum Gasteiger partial charge on any atom is -0.354 e. The van der Waals surface area contributed by atoms with Gasteiger partial charge < -0.3 is 10.2 Å². The normalized spacial score (nSPS) is 10.4. The molecule has 5 heteroatoms. The van der Waals surface area contributed by atoms with E-state index in [4.69, 9.17) is 11.6 Å². The molecule has 132 valence electrons. The van der Waals surface area contributed by atoms with E-state index >= 15 is 0 Å². The number of nitrogens with zero attached hydrogens (tertiary/aromatic N) is 1. The smallest absolute Gasteiger partial charge is 0.224 e.